The first-order chi connectivity index (χ1) is 8.35. The number of halogens is 3. The molecule has 18 heavy (non-hydrogen) atoms. The number of ether oxygens (including phenoxy) is 3. The van der Waals surface area contributed by atoms with Gasteiger partial charge >= 0.3 is 12.1 Å². The van der Waals surface area contributed by atoms with Crippen LogP contribution in [0.4, 0.5) is 13.2 Å². The third-order valence-electron chi connectivity index (χ3n) is 1.94. The Balaban J connectivity index is 4.84. The van der Waals surface area contributed by atoms with Crippen LogP contribution in [0.15, 0.2) is 11.6 Å². The Hall–Kier alpha value is -1.08. The number of alkyl halides is 3. The highest BCUT2D eigenvalue weighted by Gasteiger charge is 2.36. The van der Waals surface area contributed by atoms with Crippen LogP contribution >= 0.6 is 0 Å². The van der Waals surface area contributed by atoms with Gasteiger partial charge in [-0.1, -0.05) is 0 Å². The van der Waals surface area contributed by atoms with E-state index in [1.807, 2.05) is 0 Å². The van der Waals surface area contributed by atoms with Crippen molar-refractivity contribution < 1.29 is 32.2 Å². The largest absolute Gasteiger partial charge is 0.463 e. The second kappa shape index (κ2) is 8.10. The molecule has 0 rings (SSSR count). The zero-order chi connectivity index (χ0) is 14.2. The Morgan fingerprint density at radius 3 is 2.28 bits per heavy atom. The minimum absolute atomic E-state index is 0.0135. The number of methoxy groups -OCH3 is 1. The fraction of sp³-hybridized carbons (Fsp3) is 0.727. The highest BCUT2D eigenvalue weighted by molar-refractivity contribution is 5.83. The quantitative estimate of drug-likeness (QED) is 0.405. The lowest BCUT2D eigenvalue weighted by molar-refractivity contribution is -0.143. The second-order valence-corrected chi connectivity index (χ2v) is 3.24. The molecule has 0 spiro atoms. The van der Waals surface area contributed by atoms with Gasteiger partial charge in [-0.05, 0) is 13.8 Å². The standard InChI is InChI=1S/C11H17F3O4/c1-4-17-9(15)6-8(11(12,13)14)7-10(16-3)18-5-2/h6,10H,4-5,7H2,1-3H3. The topological polar surface area (TPSA) is 44.8 Å². The predicted octanol–water partition coefficient (Wildman–Crippen LogP) is 2.44. The van der Waals surface area contributed by atoms with Gasteiger partial charge in [0.05, 0.1) is 6.61 Å². The van der Waals surface area contributed by atoms with Crippen LogP contribution < -0.4 is 0 Å². The van der Waals surface area contributed by atoms with Crippen LogP contribution in [0.1, 0.15) is 20.3 Å². The molecule has 0 radical (unpaired) electrons. The van der Waals surface area contributed by atoms with Crippen molar-refractivity contribution in [3.63, 3.8) is 0 Å². The summed E-state index contributed by atoms with van der Waals surface area (Å²) in [5.41, 5.74) is -1.04. The third-order valence-corrected chi connectivity index (χ3v) is 1.94. The molecule has 1 unspecified atom stereocenters. The van der Waals surface area contributed by atoms with Crippen molar-refractivity contribution in [2.75, 3.05) is 20.3 Å². The first-order valence-electron chi connectivity index (χ1n) is 5.44. The molecule has 0 saturated carbocycles. The molecule has 7 heteroatoms. The SMILES string of the molecule is CCOC(=O)C=C(CC(OC)OCC)C(F)(F)F. The maximum absolute atomic E-state index is 12.7. The Bertz CT molecular complexity index is 287. The molecule has 0 fully saturated rings. The summed E-state index contributed by atoms with van der Waals surface area (Å²) in [6.45, 7) is 3.37. The van der Waals surface area contributed by atoms with Crippen molar-refractivity contribution >= 4 is 5.97 Å². The molecule has 106 valence electrons. The van der Waals surface area contributed by atoms with E-state index < -0.39 is 30.4 Å². The molecule has 1 atom stereocenters. The van der Waals surface area contributed by atoms with Crippen molar-refractivity contribution in [2.24, 2.45) is 0 Å². The van der Waals surface area contributed by atoms with E-state index in [1.54, 1.807) is 6.92 Å². The fourth-order valence-corrected chi connectivity index (χ4v) is 1.16. The van der Waals surface area contributed by atoms with Crippen LogP contribution in [0.3, 0.4) is 0 Å². The summed E-state index contributed by atoms with van der Waals surface area (Å²) in [6.07, 6.45) is -5.81. The van der Waals surface area contributed by atoms with E-state index in [9.17, 15) is 18.0 Å². The zero-order valence-electron chi connectivity index (χ0n) is 10.5. The molecule has 0 aromatic heterocycles. The molecule has 0 amide bonds. The van der Waals surface area contributed by atoms with Gasteiger partial charge in [0, 0.05) is 31.8 Å². The monoisotopic (exact) mass is 270 g/mol. The van der Waals surface area contributed by atoms with Crippen LogP contribution in [0.5, 0.6) is 0 Å². The summed E-state index contributed by atoms with van der Waals surface area (Å²) < 4.78 is 52.1. The molecular weight excluding hydrogens is 253 g/mol. The van der Waals surface area contributed by atoms with Crippen molar-refractivity contribution in [2.45, 2.75) is 32.7 Å². The van der Waals surface area contributed by atoms with Crippen molar-refractivity contribution in [3.8, 4) is 0 Å². The van der Waals surface area contributed by atoms with E-state index in [-0.39, 0.29) is 13.2 Å². The normalized spacial score (nSPS) is 14.4. The lowest BCUT2D eigenvalue weighted by Crippen LogP contribution is -2.23. The zero-order valence-corrected chi connectivity index (χ0v) is 10.5. The summed E-state index contributed by atoms with van der Waals surface area (Å²) in [5, 5.41) is 0. The lowest BCUT2D eigenvalue weighted by atomic mass is 10.1. The third kappa shape index (κ3) is 6.61. The minimum atomic E-state index is -4.62. The average Bonchev–Trinajstić information content (AvgIpc) is 2.26. The van der Waals surface area contributed by atoms with Crippen LogP contribution in [0, 0.1) is 0 Å². The Morgan fingerprint density at radius 2 is 1.89 bits per heavy atom. The summed E-state index contributed by atoms with van der Waals surface area (Å²) in [5.74, 6) is -1.03. The summed E-state index contributed by atoms with van der Waals surface area (Å²) >= 11 is 0. The van der Waals surface area contributed by atoms with E-state index in [0.29, 0.717) is 6.08 Å². The van der Waals surface area contributed by atoms with E-state index in [0.717, 1.165) is 0 Å². The van der Waals surface area contributed by atoms with Gasteiger partial charge in [0.2, 0.25) is 0 Å². The second-order valence-electron chi connectivity index (χ2n) is 3.24. The number of rotatable bonds is 7. The van der Waals surface area contributed by atoms with E-state index >= 15 is 0 Å². The summed E-state index contributed by atoms with van der Waals surface area (Å²) in [4.78, 5) is 11.0. The first kappa shape index (κ1) is 16.9. The van der Waals surface area contributed by atoms with Crippen LogP contribution in [-0.4, -0.2) is 38.8 Å². The van der Waals surface area contributed by atoms with Crippen LogP contribution in [0.25, 0.3) is 0 Å². The number of esters is 1. The summed E-state index contributed by atoms with van der Waals surface area (Å²) in [6, 6.07) is 0. The van der Waals surface area contributed by atoms with Gasteiger partial charge in [-0.2, -0.15) is 13.2 Å². The van der Waals surface area contributed by atoms with Crippen molar-refractivity contribution in [1.82, 2.24) is 0 Å². The molecule has 4 nitrogen and oxygen atoms in total. The first-order valence-corrected chi connectivity index (χ1v) is 5.44. The predicted molar refractivity (Wildman–Crippen MR) is 57.8 cm³/mol. The maximum atomic E-state index is 12.7. The average molecular weight is 270 g/mol. The smallest absolute Gasteiger partial charge is 0.413 e. The number of hydrogen-bond donors (Lipinski definition) is 0. The fourth-order valence-electron chi connectivity index (χ4n) is 1.16. The molecule has 0 N–H and O–H groups in total. The molecule has 0 heterocycles. The van der Waals surface area contributed by atoms with Crippen molar-refractivity contribution in [3.05, 3.63) is 11.6 Å². The lowest BCUT2D eigenvalue weighted by Gasteiger charge is -2.18. The number of carbonyl (C=O) groups excluding carboxylic acids is 1. The van der Waals surface area contributed by atoms with E-state index in [1.165, 1.54) is 14.0 Å². The van der Waals surface area contributed by atoms with Crippen LogP contribution in [-0.2, 0) is 19.0 Å². The highest BCUT2D eigenvalue weighted by Crippen LogP contribution is 2.30. The molecule has 0 aliphatic carbocycles. The number of hydrogen-bond acceptors (Lipinski definition) is 4. The van der Waals surface area contributed by atoms with Gasteiger partial charge in [0.25, 0.3) is 0 Å². The molecule has 0 aromatic carbocycles. The Morgan fingerprint density at radius 1 is 1.28 bits per heavy atom. The van der Waals surface area contributed by atoms with Gasteiger partial charge in [-0.15, -0.1) is 0 Å². The molecule has 0 bridgehead atoms. The molecule has 0 saturated heterocycles. The summed E-state index contributed by atoms with van der Waals surface area (Å²) in [7, 11) is 1.23. The molecular formula is C11H17F3O4. The molecule has 0 aliphatic rings. The minimum Gasteiger partial charge on any atom is -0.463 e. The van der Waals surface area contributed by atoms with Crippen LogP contribution in [0.2, 0.25) is 0 Å². The Labute approximate surface area is 104 Å². The van der Waals surface area contributed by atoms with E-state index in [4.69, 9.17) is 9.47 Å². The van der Waals surface area contributed by atoms with Gasteiger partial charge in [-0.25, -0.2) is 4.79 Å². The molecule has 0 aliphatic heterocycles. The van der Waals surface area contributed by atoms with E-state index in [2.05, 4.69) is 4.74 Å². The van der Waals surface area contributed by atoms with Gasteiger partial charge < -0.3 is 14.2 Å². The Kier molecular flexibility index (Phi) is 7.61. The van der Waals surface area contributed by atoms with Crippen molar-refractivity contribution in [1.29, 1.82) is 0 Å². The number of carbonyl (C=O) groups is 1. The maximum Gasteiger partial charge on any atom is 0.413 e. The van der Waals surface area contributed by atoms with Gasteiger partial charge in [-0.3, -0.25) is 0 Å². The molecule has 0 aromatic rings. The van der Waals surface area contributed by atoms with Gasteiger partial charge in [0.1, 0.15) is 0 Å². The highest BCUT2D eigenvalue weighted by atomic mass is 19.4. The van der Waals surface area contributed by atoms with Gasteiger partial charge in [0.15, 0.2) is 6.29 Å².